The molecule has 4 heterocycles. The molecule has 0 amide bonds. The first-order valence-electron chi connectivity index (χ1n) is 20.7. The number of phenolic OH excluding ortho intramolecular Hbond substituents is 1. The van der Waals surface area contributed by atoms with Gasteiger partial charge in [-0.2, -0.15) is 9.97 Å². The summed E-state index contributed by atoms with van der Waals surface area (Å²) in [5.41, 5.74) is 11.1. The lowest BCUT2D eigenvalue weighted by molar-refractivity contribution is 0.477. The van der Waals surface area contributed by atoms with Gasteiger partial charge < -0.3 is 5.11 Å². The number of hydrogen-bond acceptors (Lipinski definition) is 7. The maximum atomic E-state index is 11.4. The number of thiophene rings is 1. The maximum absolute atomic E-state index is 11.4. The maximum Gasteiger partial charge on any atom is 0.238 e. The summed E-state index contributed by atoms with van der Waals surface area (Å²) < 4.78 is 4.38. The van der Waals surface area contributed by atoms with Crippen molar-refractivity contribution in [3.8, 4) is 79.4 Å². The summed E-state index contributed by atoms with van der Waals surface area (Å²) in [5, 5.41) is 14.7. The Kier molecular flexibility index (Phi) is 8.69. The molecule has 0 aliphatic carbocycles. The van der Waals surface area contributed by atoms with Gasteiger partial charge in [-0.05, 0) is 53.1 Å². The van der Waals surface area contributed by atoms with Crippen LogP contribution in [0, 0.1) is 0 Å². The van der Waals surface area contributed by atoms with Crippen molar-refractivity contribution < 1.29 is 5.11 Å². The normalized spacial score (nSPS) is 11.6. The summed E-state index contributed by atoms with van der Waals surface area (Å²) in [6.07, 6.45) is 0. The zero-order valence-corrected chi connectivity index (χ0v) is 34.4. The highest BCUT2D eigenvalue weighted by molar-refractivity contribution is 7.26. The van der Waals surface area contributed by atoms with Gasteiger partial charge in [-0.15, -0.1) is 11.3 Å². The first-order chi connectivity index (χ1) is 31.1. The van der Waals surface area contributed by atoms with Crippen LogP contribution in [0.5, 0.6) is 5.75 Å². The molecule has 0 aliphatic heterocycles. The summed E-state index contributed by atoms with van der Waals surface area (Å²) >= 11 is 1.72. The Balaban J connectivity index is 0.981. The Morgan fingerprint density at radius 3 is 1.70 bits per heavy atom. The largest absolute Gasteiger partial charge is 0.507 e. The van der Waals surface area contributed by atoms with Gasteiger partial charge >= 0.3 is 0 Å². The van der Waals surface area contributed by atoms with Gasteiger partial charge in [-0.3, -0.25) is 4.57 Å². The molecule has 296 valence electrons. The Bertz CT molecular complexity index is 3680. The lowest BCUT2D eigenvalue weighted by atomic mass is 10.00. The van der Waals surface area contributed by atoms with Crippen LogP contribution < -0.4 is 0 Å². The molecule has 0 spiro atoms. The minimum absolute atomic E-state index is 0.147. The average molecular weight is 827 g/mol. The van der Waals surface area contributed by atoms with Gasteiger partial charge in [-0.1, -0.05) is 164 Å². The summed E-state index contributed by atoms with van der Waals surface area (Å²) in [6.45, 7) is 0. The SMILES string of the molecule is Oc1ccc(-c2nc(-c3ccccc3)nc(-n3c4ccccc4c4ccc(-c5ccccc5)cc43)n2)cc1-c1ccc(-c2nc(-c3ccccc3)c3sc4ccccc4c3n2)cc1. The fourth-order valence-corrected chi connectivity index (χ4v) is 9.68. The molecule has 0 unspecified atom stereocenters. The number of phenols is 1. The van der Waals surface area contributed by atoms with E-state index in [-0.39, 0.29) is 5.75 Å². The predicted molar refractivity (Wildman–Crippen MR) is 257 cm³/mol. The highest BCUT2D eigenvalue weighted by Crippen LogP contribution is 2.41. The van der Waals surface area contributed by atoms with Crippen LogP contribution in [-0.2, 0) is 0 Å². The Morgan fingerprint density at radius 1 is 0.381 bits per heavy atom. The van der Waals surface area contributed by atoms with E-state index in [1.54, 1.807) is 17.4 Å². The number of fused-ring (bicyclic) bond motifs is 6. The highest BCUT2D eigenvalue weighted by atomic mass is 32.1. The molecular formula is C55H34N6OS. The first-order valence-corrected chi connectivity index (χ1v) is 21.5. The van der Waals surface area contributed by atoms with Crippen molar-refractivity contribution in [1.29, 1.82) is 0 Å². The summed E-state index contributed by atoms with van der Waals surface area (Å²) in [5.74, 6) is 2.32. The molecule has 0 saturated carbocycles. The molecule has 0 atom stereocenters. The van der Waals surface area contributed by atoms with E-state index in [1.165, 1.54) is 4.70 Å². The lowest BCUT2D eigenvalue weighted by Gasteiger charge is -2.13. The average Bonchev–Trinajstić information content (AvgIpc) is 3.90. The summed E-state index contributed by atoms with van der Waals surface area (Å²) in [7, 11) is 0. The van der Waals surface area contributed by atoms with Crippen LogP contribution in [0.4, 0.5) is 0 Å². The standard InChI is InChI=1S/C55H34N6OS/c62-47-31-29-40(32-44(47)35-24-26-38(27-25-35)52-56-49(36-16-6-2-7-17-36)51-50(57-52)43-21-11-13-23-48(43)63-51)54-58-53(37-18-8-3-9-19-37)59-55(60-54)61-45-22-12-10-20-41(45)42-30-28-39(33-46(42)61)34-14-4-1-5-15-34/h1-33,62H. The number of aromatic nitrogens is 6. The van der Waals surface area contributed by atoms with Crippen LogP contribution in [0.1, 0.15) is 0 Å². The van der Waals surface area contributed by atoms with Gasteiger partial charge in [0.15, 0.2) is 17.5 Å². The smallest absolute Gasteiger partial charge is 0.238 e. The number of nitrogens with zero attached hydrogens (tertiary/aromatic N) is 6. The summed E-state index contributed by atoms with van der Waals surface area (Å²) in [6, 6.07) is 67.6. The van der Waals surface area contributed by atoms with Crippen LogP contribution in [-0.4, -0.2) is 34.6 Å². The first kappa shape index (κ1) is 36.5. The molecule has 0 radical (unpaired) electrons. The van der Waals surface area contributed by atoms with Gasteiger partial charge in [0.05, 0.1) is 26.9 Å². The minimum atomic E-state index is 0.147. The number of rotatable bonds is 7. The topological polar surface area (TPSA) is 89.6 Å². The van der Waals surface area contributed by atoms with Crippen molar-refractivity contribution in [2.75, 3.05) is 0 Å². The molecule has 0 bridgehead atoms. The minimum Gasteiger partial charge on any atom is -0.507 e. The number of aromatic hydroxyl groups is 1. The fourth-order valence-electron chi connectivity index (χ4n) is 8.52. The fraction of sp³-hybridized carbons (Fsp3) is 0. The van der Waals surface area contributed by atoms with E-state index in [9.17, 15) is 5.11 Å². The molecule has 1 N–H and O–H groups in total. The van der Waals surface area contributed by atoms with E-state index in [0.717, 1.165) is 82.0 Å². The van der Waals surface area contributed by atoms with Crippen LogP contribution in [0.3, 0.4) is 0 Å². The second kappa shape index (κ2) is 15.0. The van der Waals surface area contributed by atoms with Gasteiger partial charge in [-0.25, -0.2) is 15.0 Å². The molecule has 0 aliphatic rings. The van der Waals surface area contributed by atoms with Crippen molar-refractivity contribution in [3.63, 3.8) is 0 Å². The number of benzene rings is 8. The molecule has 8 aromatic carbocycles. The lowest BCUT2D eigenvalue weighted by Crippen LogP contribution is -2.06. The third-order valence-electron chi connectivity index (χ3n) is 11.6. The molecule has 0 saturated heterocycles. The van der Waals surface area contributed by atoms with Crippen LogP contribution in [0.15, 0.2) is 200 Å². The van der Waals surface area contributed by atoms with Crippen LogP contribution in [0.2, 0.25) is 0 Å². The van der Waals surface area contributed by atoms with Crippen molar-refractivity contribution in [3.05, 3.63) is 200 Å². The van der Waals surface area contributed by atoms with Crippen molar-refractivity contribution in [1.82, 2.24) is 29.5 Å². The van der Waals surface area contributed by atoms with E-state index in [1.807, 2.05) is 97.1 Å². The zero-order chi connectivity index (χ0) is 41.9. The second-order valence-corrected chi connectivity index (χ2v) is 16.5. The van der Waals surface area contributed by atoms with Gasteiger partial charge in [0, 0.05) is 48.7 Å². The monoisotopic (exact) mass is 826 g/mol. The molecule has 12 rings (SSSR count). The highest BCUT2D eigenvalue weighted by Gasteiger charge is 2.20. The van der Waals surface area contributed by atoms with Gasteiger partial charge in [0.1, 0.15) is 5.75 Å². The third-order valence-corrected chi connectivity index (χ3v) is 12.8. The van der Waals surface area contributed by atoms with Crippen molar-refractivity contribution >= 4 is 53.4 Å². The Morgan fingerprint density at radius 2 is 0.937 bits per heavy atom. The third kappa shape index (κ3) is 6.40. The van der Waals surface area contributed by atoms with Crippen LogP contribution >= 0.6 is 11.3 Å². The quantitative estimate of drug-likeness (QED) is 0.172. The molecule has 0 fully saturated rings. The summed E-state index contributed by atoms with van der Waals surface area (Å²) in [4.78, 5) is 25.7. The van der Waals surface area contributed by atoms with Gasteiger partial charge in [0.2, 0.25) is 5.95 Å². The molecule has 12 aromatic rings. The van der Waals surface area contributed by atoms with Crippen molar-refractivity contribution in [2.45, 2.75) is 0 Å². The Labute approximate surface area is 366 Å². The molecular weight excluding hydrogens is 793 g/mol. The predicted octanol–water partition coefficient (Wildman–Crippen LogP) is 13.8. The van der Waals surface area contributed by atoms with Gasteiger partial charge in [0.25, 0.3) is 0 Å². The Hall–Kier alpha value is -8.33. The van der Waals surface area contributed by atoms with E-state index in [0.29, 0.717) is 29.0 Å². The van der Waals surface area contributed by atoms with Crippen molar-refractivity contribution in [2.24, 2.45) is 0 Å². The van der Waals surface area contributed by atoms with E-state index in [2.05, 4.69) is 102 Å². The van der Waals surface area contributed by atoms with E-state index in [4.69, 9.17) is 24.9 Å². The van der Waals surface area contributed by atoms with Crippen LogP contribution in [0.25, 0.3) is 116 Å². The number of hydrogen-bond donors (Lipinski definition) is 1. The number of para-hydroxylation sites is 1. The van der Waals surface area contributed by atoms with E-state index < -0.39 is 0 Å². The zero-order valence-electron chi connectivity index (χ0n) is 33.6. The molecule has 8 heteroatoms. The molecule has 4 aromatic heterocycles. The molecule has 7 nitrogen and oxygen atoms in total. The molecule has 63 heavy (non-hydrogen) atoms. The second-order valence-electron chi connectivity index (χ2n) is 15.4. The van der Waals surface area contributed by atoms with E-state index >= 15 is 0 Å².